The van der Waals surface area contributed by atoms with Gasteiger partial charge >= 0.3 is 0 Å². The second-order valence-electron chi connectivity index (χ2n) is 11.0. The molecule has 0 radical (unpaired) electrons. The molecule has 212 valence electrons. The lowest BCUT2D eigenvalue weighted by molar-refractivity contribution is 0.669. The van der Waals surface area contributed by atoms with Crippen LogP contribution >= 0.6 is 11.6 Å². The van der Waals surface area contributed by atoms with E-state index in [1.807, 2.05) is 72.8 Å². The van der Waals surface area contributed by atoms with Gasteiger partial charge in [0.25, 0.3) is 0 Å². The van der Waals surface area contributed by atoms with Crippen molar-refractivity contribution >= 4 is 55.3 Å². The Kier molecular flexibility index (Phi) is 5.80. The number of hydrogen-bond acceptors (Lipinski definition) is 4. The summed E-state index contributed by atoms with van der Waals surface area (Å²) in [5.41, 5.74) is 7.20. The number of rotatable bonds is 4. The fourth-order valence-electron chi connectivity index (χ4n) is 6.29. The van der Waals surface area contributed by atoms with Crippen molar-refractivity contribution in [2.45, 2.75) is 0 Å². The molecule has 3 aromatic heterocycles. The van der Waals surface area contributed by atoms with Crippen LogP contribution in [0.25, 0.3) is 83.6 Å². The first-order valence-electron chi connectivity index (χ1n) is 14.7. The van der Waals surface area contributed by atoms with E-state index in [1.165, 1.54) is 0 Å². The molecule has 0 atom stereocenters. The van der Waals surface area contributed by atoms with Crippen LogP contribution in [0.1, 0.15) is 0 Å². The average molecular weight is 599 g/mol. The highest BCUT2D eigenvalue weighted by Gasteiger charge is 2.21. The van der Waals surface area contributed by atoms with Crippen molar-refractivity contribution in [3.63, 3.8) is 0 Å². The molecule has 0 fully saturated rings. The third kappa shape index (κ3) is 4.13. The van der Waals surface area contributed by atoms with Crippen LogP contribution in [0, 0.1) is 0 Å². The fourth-order valence-corrected chi connectivity index (χ4v) is 6.54. The van der Waals surface area contributed by atoms with Gasteiger partial charge in [-0.1, -0.05) is 109 Å². The summed E-state index contributed by atoms with van der Waals surface area (Å²) >= 11 is 7.00. The van der Waals surface area contributed by atoms with Crippen molar-refractivity contribution < 1.29 is 4.42 Å². The Morgan fingerprint density at radius 1 is 0.489 bits per heavy atom. The Bertz CT molecular complexity index is 2550. The van der Waals surface area contributed by atoms with Crippen LogP contribution in [0.2, 0.25) is 5.02 Å². The minimum absolute atomic E-state index is 0.477. The number of halogens is 1. The van der Waals surface area contributed by atoms with Crippen LogP contribution in [-0.2, 0) is 0 Å². The molecule has 6 aromatic carbocycles. The first-order valence-corrected chi connectivity index (χ1v) is 15.1. The molecule has 0 aliphatic heterocycles. The normalized spacial score (nSPS) is 11.7. The molecule has 3 heterocycles. The zero-order chi connectivity index (χ0) is 29.9. The zero-order valence-electron chi connectivity index (χ0n) is 23.9. The van der Waals surface area contributed by atoms with Crippen molar-refractivity contribution in [2.75, 3.05) is 0 Å². The molecular weight excluding hydrogens is 576 g/mol. The SMILES string of the molecule is Clc1cc2c(cc1-c1nc(-c3ccccc3)nc(-c3cccc4c5ccccc5n(-c5ccccc5)c34)n1)oc1ccccc12. The molecule has 45 heavy (non-hydrogen) atoms. The lowest BCUT2D eigenvalue weighted by Crippen LogP contribution is -2.02. The van der Waals surface area contributed by atoms with E-state index in [0.717, 1.165) is 60.6 Å². The zero-order valence-corrected chi connectivity index (χ0v) is 24.6. The summed E-state index contributed by atoms with van der Waals surface area (Å²) in [6.07, 6.45) is 0. The van der Waals surface area contributed by atoms with E-state index in [1.54, 1.807) is 0 Å². The molecule has 0 aliphatic carbocycles. The van der Waals surface area contributed by atoms with Crippen LogP contribution in [0.4, 0.5) is 0 Å². The molecule has 0 bridgehead atoms. The van der Waals surface area contributed by atoms with Gasteiger partial charge in [-0.25, -0.2) is 15.0 Å². The first-order chi connectivity index (χ1) is 22.2. The van der Waals surface area contributed by atoms with Crippen LogP contribution in [0.15, 0.2) is 144 Å². The Hall–Kier alpha value is -5.78. The third-order valence-electron chi connectivity index (χ3n) is 8.32. The molecule has 9 rings (SSSR count). The molecule has 5 nitrogen and oxygen atoms in total. The molecule has 0 aliphatic rings. The number of aromatic nitrogens is 4. The van der Waals surface area contributed by atoms with Crippen molar-refractivity contribution in [3.8, 4) is 39.9 Å². The van der Waals surface area contributed by atoms with E-state index in [2.05, 4.69) is 71.3 Å². The van der Waals surface area contributed by atoms with Gasteiger partial charge in [0.1, 0.15) is 11.2 Å². The first kappa shape index (κ1) is 25.7. The minimum Gasteiger partial charge on any atom is -0.456 e. The fraction of sp³-hybridized carbons (Fsp3) is 0. The summed E-state index contributed by atoms with van der Waals surface area (Å²) in [4.78, 5) is 15.2. The summed E-state index contributed by atoms with van der Waals surface area (Å²) in [5, 5.41) is 4.80. The van der Waals surface area contributed by atoms with Gasteiger partial charge in [0.15, 0.2) is 17.5 Å². The number of para-hydroxylation sites is 4. The van der Waals surface area contributed by atoms with Gasteiger partial charge in [-0.3, -0.25) is 0 Å². The number of furan rings is 1. The molecule has 0 unspecified atom stereocenters. The summed E-state index contributed by atoms with van der Waals surface area (Å²) < 4.78 is 8.51. The molecule has 0 saturated carbocycles. The van der Waals surface area contributed by atoms with Crippen molar-refractivity contribution in [1.29, 1.82) is 0 Å². The van der Waals surface area contributed by atoms with E-state index >= 15 is 0 Å². The third-order valence-corrected chi connectivity index (χ3v) is 8.64. The van der Waals surface area contributed by atoms with Gasteiger partial charge in [0.05, 0.1) is 16.1 Å². The Labute approximate surface area is 263 Å². The highest BCUT2D eigenvalue weighted by molar-refractivity contribution is 6.34. The van der Waals surface area contributed by atoms with Crippen LogP contribution in [0.5, 0.6) is 0 Å². The summed E-state index contributed by atoms with van der Waals surface area (Å²) in [7, 11) is 0. The Morgan fingerprint density at radius 2 is 1.13 bits per heavy atom. The lowest BCUT2D eigenvalue weighted by atomic mass is 10.1. The number of hydrogen-bond donors (Lipinski definition) is 0. The maximum Gasteiger partial charge on any atom is 0.166 e. The highest BCUT2D eigenvalue weighted by atomic mass is 35.5. The van der Waals surface area contributed by atoms with E-state index in [9.17, 15) is 0 Å². The van der Waals surface area contributed by atoms with Gasteiger partial charge in [-0.05, 0) is 42.5 Å². The quantitative estimate of drug-likeness (QED) is 0.202. The van der Waals surface area contributed by atoms with Crippen LogP contribution in [-0.4, -0.2) is 19.5 Å². The van der Waals surface area contributed by atoms with E-state index in [0.29, 0.717) is 28.1 Å². The monoisotopic (exact) mass is 598 g/mol. The molecule has 0 amide bonds. The highest BCUT2D eigenvalue weighted by Crippen LogP contribution is 2.40. The van der Waals surface area contributed by atoms with Gasteiger partial charge in [-0.15, -0.1) is 0 Å². The standard InChI is InChI=1S/C39H23ClN4O/c40-32-22-30-27-17-8-10-21-34(27)45-35(30)23-31(32)39-42-37(24-12-3-1-4-13-24)41-38(43-39)29-19-11-18-28-26-16-7-9-20-33(26)44(36(28)29)25-14-5-2-6-15-25/h1-23H. The number of nitrogens with zero attached hydrogens (tertiary/aromatic N) is 4. The number of benzene rings is 6. The Morgan fingerprint density at radius 3 is 1.96 bits per heavy atom. The second-order valence-corrected chi connectivity index (χ2v) is 11.4. The maximum absolute atomic E-state index is 7.00. The smallest absolute Gasteiger partial charge is 0.166 e. The minimum atomic E-state index is 0.477. The van der Waals surface area contributed by atoms with Crippen molar-refractivity contribution in [2.24, 2.45) is 0 Å². The van der Waals surface area contributed by atoms with Gasteiger partial charge in [-0.2, -0.15) is 0 Å². The molecule has 6 heteroatoms. The average Bonchev–Trinajstić information content (AvgIpc) is 3.64. The van der Waals surface area contributed by atoms with Crippen LogP contribution < -0.4 is 0 Å². The predicted molar refractivity (Wildman–Crippen MR) is 183 cm³/mol. The summed E-state index contributed by atoms with van der Waals surface area (Å²) in [6, 6.07) is 47.0. The molecule has 0 spiro atoms. The molecule has 9 aromatic rings. The van der Waals surface area contributed by atoms with Crippen LogP contribution in [0.3, 0.4) is 0 Å². The van der Waals surface area contributed by atoms with E-state index in [4.69, 9.17) is 31.0 Å². The largest absolute Gasteiger partial charge is 0.456 e. The second kappa shape index (κ2) is 10.2. The molecule has 0 saturated heterocycles. The molecular formula is C39H23ClN4O. The van der Waals surface area contributed by atoms with Crippen molar-refractivity contribution in [3.05, 3.63) is 145 Å². The lowest BCUT2D eigenvalue weighted by Gasteiger charge is -2.13. The number of fused-ring (bicyclic) bond motifs is 6. The maximum atomic E-state index is 7.00. The van der Waals surface area contributed by atoms with Gasteiger partial charge in [0.2, 0.25) is 0 Å². The van der Waals surface area contributed by atoms with Gasteiger partial charge < -0.3 is 8.98 Å². The van der Waals surface area contributed by atoms with E-state index < -0.39 is 0 Å². The summed E-state index contributed by atoms with van der Waals surface area (Å²) in [5.74, 6) is 1.60. The Balaban J connectivity index is 1.35. The molecule has 0 N–H and O–H groups in total. The predicted octanol–water partition coefficient (Wildman–Crippen LogP) is 10.5. The topological polar surface area (TPSA) is 56.7 Å². The summed E-state index contributed by atoms with van der Waals surface area (Å²) in [6.45, 7) is 0. The van der Waals surface area contributed by atoms with E-state index in [-0.39, 0.29) is 0 Å². The van der Waals surface area contributed by atoms with Gasteiger partial charge in [0, 0.05) is 43.9 Å². The van der Waals surface area contributed by atoms with Crippen molar-refractivity contribution in [1.82, 2.24) is 19.5 Å².